The third-order valence-electron chi connectivity index (χ3n) is 2.65. The number of hydrogen-bond acceptors (Lipinski definition) is 3. The summed E-state index contributed by atoms with van der Waals surface area (Å²) in [7, 11) is 1.86. The Hall–Kier alpha value is -1.33. The Morgan fingerprint density at radius 1 is 1.41 bits per heavy atom. The summed E-state index contributed by atoms with van der Waals surface area (Å²) in [5, 5.41) is 8.96. The van der Waals surface area contributed by atoms with Crippen LogP contribution in [0.2, 0.25) is 5.02 Å². The number of nitrogens with two attached hydrogens (primary N) is 1. The maximum Gasteiger partial charge on any atom is 0.0837 e. The summed E-state index contributed by atoms with van der Waals surface area (Å²) < 4.78 is 3.59. The fourth-order valence-electron chi connectivity index (χ4n) is 1.83. The monoisotopic (exact) mass is 253 g/mol. The standard InChI is InChI=1S/C11H16ClN5/c1-3-4-17-11(9(12)6-15-17)10(13)8-5-14-16(2)7-8/h5-7,10H,3-4,13H2,1-2H3. The molecule has 0 aliphatic carbocycles. The molecule has 0 amide bonds. The van der Waals surface area contributed by atoms with E-state index >= 15 is 0 Å². The third-order valence-corrected chi connectivity index (χ3v) is 2.94. The van der Waals surface area contributed by atoms with E-state index < -0.39 is 0 Å². The van der Waals surface area contributed by atoms with Crippen molar-refractivity contribution in [3.05, 3.63) is 34.9 Å². The van der Waals surface area contributed by atoms with Crippen LogP contribution in [0.5, 0.6) is 0 Å². The maximum atomic E-state index is 6.21. The second-order valence-electron chi connectivity index (χ2n) is 4.03. The van der Waals surface area contributed by atoms with Gasteiger partial charge in [0.2, 0.25) is 0 Å². The Bertz CT molecular complexity index is 502. The number of halogens is 1. The highest BCUT2D eigenvalue weighted by molar-refractivity contribution is 6.31. The molecular formula is C11H16ClN5. The van der Waals surface area contributed by atoms with Crippen LogP contribution in [0.4, 0.5) is 0 Å². The molecule has 6 heteroatoms. The Balaban J connectivity index is 2.35. The van der Waals surface area contributed by atoms with Crippen LogP contribution in [0, 0.1) is 0 Å². The lowest BCUT2D eigenvalue weighted by atomic mass is 10.1. The number of hydrogen-bond donors (Lipinski definition) is 1. The number of rotatable bonds is 4. The van der Waals surface area contributed by atoms with Crippen molar-refractivity contribution >= 4 is 11.6 Å². The lowest BCUT2D eigenvalue weighted by Gasteiger charge is -2.13. The SMILES string of the molecule is CCCn1ncc(Cl)c1C(N)c1cnn(C)c1. The Morgan fingerprint density at radius 3 is 2.76 bits per heavy atom. The van der Waals surface area contributed by atoms with E-state index in [4.69, 9.17) is 17.3 Å². The van der Waals surface area contributed by atoms with E-state index in [1.165, 1.54) is 0 Å². The summed E-state index contributed by atoms with van der Waals surface area (Å²) in [6.45, 7) is 2.91. The molecule has 2 N–H and O–H groups in total. The molecule has 0 spiro atoms. The quantitative estimate of drug-likeness (QED) is 0.903. The first-order valence-electron chi connectivity index (χ1n) is 5.58. The van der Waals surface area contributed by atoms with Gasteiger partial charge in [-0.15, -0.1) is 0 Å². The molecule has 2 rings (SSSR count). The molecule has 2 aromatic heterocycles. The molecule has 0 aliphatic heterocycles. The third kappa shape index (κ3) is 2.35. The topological polar surface area (TPSA) is 61.7 Å². The number of aryl methyl sites for hydroxylation is 2. The molecule has 17 heavy (non-hydrogen) atoms. The smallest absolute Gasteiger partial charge is 0.0837 e. The van der Waals surface area contributed by atoms with Crippen molar-refractivity contribution in [2.75, 3.05) is 0 Å². The van der Waals surface area contributed by atoms with E-state index in [0.29, 0.717) is 5.02 Å². The highest BCUT2D eigenvalue weighted by atomic mass is 35.5. The molecule has 5 nitrogen and oxygen atoms in total. The summed E-state index contributed by atoms with van der Waals surface area (Å²) in [6, 6.07) is -0.287. The van der Waals surface area contributed by atoms with Gasteiger partial charge < -0.3 is 5.73 Å². The zero-order valence-electron chi connectivity index (χ0n) is 9.97. The van der Waals surface area contributed by atoms with Crippen molar-refractivity contribution in [3.63, 3.8) is 0 Å². The highest BCUT2D eigenvalue weighted by Crippen LogP contribution is 2.26. The van der Waals surface area contributed by atoms with E-state index in [1.807, 2.05) is 17.9 Å². The minimum Gasteiger partial charge on any atom is -0.319 e. The van der Waals surface area contributed by atoms with E-state index in [1.54, 1.807) is 17.1 Å². The van der Waals surface area contributed by atoms with Gasteiger partial charge in [-0.25, -0.2) is 0 Å². The van der Waals surface area contributed by atoms with Gasteiger partial charge in [0.15, 0.2) is 0 Å². The van der Waals surface area contributed by atoms with Crippen LogP contribution in [-0.4, -0.2) is 19.6 Å². The van der Waals surface area contributed by atoms with Crippen molar-refractivity contribution in [2.24, 2.45) is 12.8 Å². The molecule has 2 aromatic rings. The summed E-state index contributed by atoms with van der Waals surface area (Å²) in [5.74, 6) is 0. The highest BCUT2D eigenvalue weighted by Gasteiger charge is 2.19. The normalized spacial score (nSPS) is 12.9. The molecule has 0 aromatic carbocycles. The lowest BCUT2D eigenvalue weighted by Crippen LogP contribution is -2.17. The average Bonchev–Trinajstić information content (AvgIpc) is 2.86. The van der Waals surface area contributed by atoms with Crippen LogP contribution in [0.15, 0.2) is 18.6 Å². The molecule has 0 bridgehead atoms. The minimum atomic E-state index is -0.287. The number of nitrogens with zero attached hydrogens (tertiary/aromatic N) is 4. The second kappa shape index (κ2) is 4.89. The van der Waals surface area contributed by atoms with Gasteiger partial charge in [0.05, 0.1) is 29.2 Å². The van der Waals surface area contributed by atoms with Crippen LogP contribution in [-0.2, 0) is 13.6 Å². The van der Waals surface area contributed by atoms with Crippen molar-refractivity contribution < 1.29 is 0 Å². The largest absolute Gasteiger partial charge is 0.319 e. The zero-order chi connectivity index (χ0) is 12.4. The van der Waals surface area contributed by atoms with Crippen LogP contribution < -0.4 is 5.73 Å². The number of aromatic nitrogens is 4. The minimum absolute atomic E-state index is 0.287. The van der Waals surface area contributed by atoms with Gasteiger partial charge in [-0.05, 0) is 6.42 Å². The molecular weight excluding hydrogens is 238 g/mol. The van der Waals surface area contributed by atoms with Crippen molar-refractivity contribution in [2.45, 2.75) is 25.9 Å². The van der Waals surface area contributed by atoms with E-state index in [9.17, 15) is 0 Å². The second-order valence-corrected chi connectivity index (χ2v) is 4.43. The molecule has 1 atom stereocenters. The molecule has 0 fully saturated rings. The van der Waals surface area contributed by atoms with Crippen molar-refractivity contribution in [1.29, 1.82) is 0 Å². The van der Waals surface area contributed by atoms with Crippen LogP contribution in [0.1, 0.15) is 30.6 Å². The van der Waals surface area contributed by atoms with Crippen LogP contribution in [0.3, 0.4) is 0 Å². The maximum absolute atomic E-state index is 6.21. The molecule has 0 radical (unpaired) electrons. The van der Waals surface area contributed by atoms with Gasteiger partial charge in [-0.3, -0.25) is 9.36 Å². The summed E-state index contributed by atoms with van der Waals surface area (Å²) in [4.78, 5) is 0. The van der Waals surface area contributed by atoms with Gasteiger partial charge in [0.1, 0.15) is 0 Å². The Morgan fingerprint density at radius 2 is 2.18 bits per heavy atom. The predicted octanol–water partition coefficient (Wildman–Crippen LogP) is 1.73. The molecule has 92 valence electrons. The lowest BCUT2D eigenvalue weighted by molar-refractivity contribution is 0.559. The first kappa shape index (κ1) is 12.1. The molecule has 0 saturated carbocycles. The predicted molar refractivity (Wildman–Crippen MR) is 66.8 cm³/mol. The van der Waals surface area contributed by atoms with E-state index in [-0.39, 0.29) is 6.04 Å². The Labute approximate surface area is 105 Å². The fourth-order valence-corrected chi connectivity index (χ4v) is 2.09. The van der Waals surface area contributed by atoms with Gasteiger partial charge >= 0.3 is 0 Å². The van der Waals surface area contributed by atoms with Gasteiger partial charge in [-0.2, -0.15) is 10.2 Å². The van der Waals surface area contributed by atoms with Gasteiger partial charge in [0.25, 0.3) is 0 Å². The van der Waals surface area contributed by atoms with Crippen molar-refractivity contribution in [1.82, 2.24) is 19.6 Å². The Kier molecular flexibility index (Phi) is 3.49. The summed E-state index contributed by atoms with van der Waals surface area (Å²) in [5.41, 5.74) is 7.99. The van der Waals surface area contributed by atoms with Gasteiger partial charge in [0, 0.05) is 25.4 Å². The summed E-state index contributed by atoms with van der Waals surface area (Å²) in [6.07, 6.45) is 6.28. The molecule has 2 heterocycles. The van der Waals surface area contributed by atoms with Crippen molar-refractivity contribution in [3.8, 4) is 0 Å². The molecule has 0 aliphatic rings. The first-order valence-corrected chi connectivity index (χ1v) is 5.96. The first-order chi connectivity index (χ1) is 8.13. The molecule has 0 saturated heterocycles. The van der Waals surface area contributed by atoms with Gasteiger partial charge in [-0.1, -0.05) is 18.5 Å². The van der Waals surface area contributed by atoms with Crippen LogP contribution >= 0.6 is 11.6 Å². The zero-order valence-corrected chi connectivity index (χ0v) is 10.7. The van der Waals surface area contributed by atoms with E-state index in [0.717, 1.165) is 24.2 Å². The fraction of sp³-hybridized carbons (Fsp3) is 0.455. The van der Waals surface area contributed by atoms with E-state index in [2.05, 4.69) is 17.1 Å². The summed E-state index contributed by atoms with van der Waals surface area (Å²) >= 11 is 6.14. The average molecular weight is 254 g/mol. The molecule has 1 unspecified atom stereocenters. The van der Waals surface area contributed by atoms with Crippen LogP contribution in [0.25, 0.3) is 0 Å².